The summed E-state index contributed by atoms with van der Waals surface area (Å²) in [5, 5.41) is 3.59. The second-order valence-electron chi connectivity index (χ2n) is 6.34. The van der Waals surface area contributed by atoms with Crippen LogP contribution >= 0.6 is 0 Å². The lowest BCUT2D eigenvalue weighted by molar-refractivity contribution is 0.167. The summed E-state index contributed by atoms with van der Waals surface area (Å²) < 4.78 is 0. The topological polar surface area (TPSA) is 15.3 Å². The van der Waals surface area contributed by atoms with Gasteiger partial charge in [0, 0.05) is 24.8 Å². The third-order valence-corrected chi connectivity index (χ3v) is 4.85. The molecule has 0 aromatic heterocycles. The summed E-state index contributed by atoms with van der Waals surface area (Å²) in [6.45, 7) is 2.38. The summed E-state index contributed by atoms with van der Waals surface area (Å²) in [5.41, 5.74) is 2.84. The average molecular weight is 258 g/mol. The molecule has 2 aliphatic rings. The fourth-order valence-electron chi connectivity index (χ4n) is 3.72. The van der Waals surface area contributed by atoms with Crippen molar-refractivity contribution >= 4 is 5.69 Å². The molecule has 1 aliphatic carbocycles. The van der Waals surface area contributed by atoms with Gasteiger partial charge in [-0.15, -0.1) is 0 Å². The molecule has 1 heterocycles. The molecule has 0 radical (unpaired) electrons. The number of nitrogens with one attached hydrogen (secondary N) is 1. The lowest BCUT2D eigenvalue weighted by Crippen LogP contribution is -2.40. The smallest absolute Gasteiger partial charge is 0.0372 e. The fourth-order valence-corrected chi connectivity index (χ4v) is 3.72. The van der Waals surface area contributed by atoms with Crippen molar-refractivity contribution in [3.63, 3.8) is 0 Å². The van der Waals surface area contributed by atoms with Crippen LogP contribution in [0.25, 0.3) is 0 Å². The van der Waals surface area contributed by atoms with Gasteiger partial charge in [-0.2, -0.15) is 0 Å². The molecule has 104 valence electrons. The molecule has 1 aromatic carbocycles. The van der Waals surface area contributed by atoms with E-state index in [0.717, 1.165) is 18.5 Å². The summed E-state index contributed by atoms with van der Waals surface area (Å²) in [4.78, 5) is 2.62. The van der Waals surface area contributed by atoms with Gasteiger partial charge in [0.25, 0.3) is 0 Å². The normalized spacial score (nSPS) is 24.0. The maximum absolute atomic E-state index is 3.59. The van der Waals surface area contributed by atoms with Crippen molar-refractivity contribution in [1.29, 1.82) is 0 Å². The molecule has 0 amide bonds. The van der Waals surface area contributed by atoms with Crippen molar-refractivity contribution in [2.24, 2.45) is 5.92 Å². The van der Waals surface area contributed by atoms with Crippen LogP contribution in [0.5, 0.6) is 0 Å². The summed E-state index contributed by atoms with van der Waals surface area (Å²) in [7, 11) is 2.33. The van der Waals surface area contributed by atoms with Crippen LogP contribution in [0.1, 0.15) is 37.7 Å². The molecule has 1 unspecified atom stereocenters. The number of fused-ring (bicyclic) bond motifs is 1. The Hall–Kier alpha value is -1.02. The van der Waals surface area contributed by atoms with Gasteiger partial charge in [-0.3, -0.25) is 0 Å². The number of hydrogen-bond donors (Lipinski definition) is 1. The minimum atomic E-state index is 0.766. The Kier molecular flexibility index (Phi) is 4.07. The van der Waals surface area contributed by atoms with Gasteiger partial charge in [0.15, 0.2) is 0 Å². The largest absolute Gasteiger partial charge is 0.384 e. The number of hydrogen-bond acceptors (Lipinski definition) is 2. The Morgan fingerprint density at radius 3 is 2.79 bits per heavy atom. The molecule has 0 bridgehead atoms. The lowest BCUT2D eigenvalue weighted by atomic mass is 9.91. The van der Waals surface area contributed by atoms with E-state index in [9.17, 15) is 0 Å². The molecule has 2 nitrogen and oxygen atoms in total. The Labute approximate surface area is 117 Å². The van der Waals surface area contributed by atoms with Crippen molar-refractivity contribution in [1.82, 2.24) is 4.90 Å². The number of anilines is 1. The molecular weight excluding hydrogens is 232 g/mol. The second-order valence-corrected chi connectivity index (χ2v) is 6.34. The molecule has 1 N–H and O–H groups in total. The van der Waals surface area contributed by atoms with E-state index in [1.165, 1.54) is 56.3 Å². The highest BCUT2D eigenvalue weighted by Gasteiger charge is 2.23. The minimum absolute atomic E-state index is 0.766. The Bertz CT molecular complexity index is 409. The average Bonchev–Trinajstić information content (AvgIpc) is 2.48. The molecule has 2 heteroatoms. The van der Waals surface area contributed by atoms with Crippen LogP contribution in [-0.4, -0.2) is 31.1 Å². The van der Waals surface area contributed by atoms with Crippen LogP contribution in [-0.2, 0) is 6.42 Å². The molecular formula is C17H26N2. The third kappa shape index (κ3) is 3.11. The van der Waals surface area contributed by atoms with Crippen LogP contribution in [0.3, 0.4) is 0 Å². The number of nitrogens with zero attached hydrogens (tertiary/aromatic N) is 1. The van der Waals surface area contributed by atoms with E-state index in [-0.39, 0.29) is 0 Å². The minimum Gasteiger partial charge on any atom is -0.384 e. The molecule has 3 rings (SSSR count). The number of rotatable bonds is 3. The van der Waals surface area contributed by atoms with Crippen LogP contribution < -0.4 is 5.32 Å². The fraction of sp³-hybridized carbons (Fsp3) is 0.647. The predicted octanol–water partition coefficient (Wildman–Crippen LogP) is 3.54. The summed E-state index contributed by atoms with van der Waals surface area (Å²) >= 11 is 0. The highest BCUT2D eigenvalue weighted by Crippen LogP contribution is 2.27. The SMILES string of the molecule is CN(CC1CNc2ccccc2C1)C1CCCCC1. The first-order valence-corrected chi connectivity index (χ1v) is 7.85. The quantitative estimate of drug-likeness (QED) is 0.892. The Morgan fingerprint density at radius 2 is 1.95 bits per heavy atom. The van der Waals surface area contributed by atoms with E-state index in [1.807, 2.05) is 0 Å². The van der Waals surface area contributed by atoms with Gasteiger partial charge >= 0.3 is 0 Å². The first kappa shape index (κ1) is 13.0. The van der Waals surface area contributed by atoms with Crippen LogP contribution in [0.15, 0.2) is 24.3 Å². The first-order valence-electron chi connectivity index (χ1n) is 7.85. The van der Waals surface area contributed by atoms with Gasteiger partial charge in [0.2, 0.25) is 0 Å². The maximum atomic E-state index is 3.59. The van der Waals surface area contributed by atoms with Crippen molar-refractivity contribution in [2.45, 2.75) is 44.6 Å². The van der Waals surface area contributed by atoms with Crippen molar-refractivity contribution < 1.29 is 0 Å². The monoisotopic (exact) mass is 258 g/mol. The molecule has 1 atom stereocenters. The van der Waals surface area contributed by atoms with Gasteiger partial charge in [-0.05, 0) is 43.9 Å². The zero-order chi connectivity index (χ0) is 13.1. The number of para-hydroxylation sites is 1. The number of benzene rings is 1. The van der Waals surface area contributed by atoms with E-state index in [0.29, 0.717) is 0 Å². The Morgan fingerprint density at radius 1 is 1.16 bits per heavy atom. The standard InChI is InChI=1S/C17H26N2/c1-19(16-8-3-2-4-9-16)13-14-11-15-7-5-6-10-17(15)18-12-14/h5-7,10,14,16,18H,2-4,8-9,11-13H2,1H3. The summed E-state index contributed by atoms with van der Waals surface area (Å²) in [6.07, 6.45) is 8.37. The van der Waals surface area contributed by atoms with E-state index >= 15 is 0 Å². The van der Waals surface area contributed by atoms with Crippen molar-refractivity contribution in [3.8, 4) is 0 Å². The highest BCUT2D eigenvalue weighted by atomic mass is 15.1. The molecule has 0 spiro atoms. The zero-order valence-electron chi connectivity index (χ0n) is 12.1. The maximum Gasteiger partial charge on any atom is 0.0372 e. The summed E-state index contributed by atoms with van der Waals surface area (Å²) in [5.74, 6) is 0.766. The van der Waals surface area contributed by atoms with E-state index in [1.54, 1.807) is 0 Å². The Balaban J connectivity index is 1.56. The molecule has 0 saturated heterocycles. The molecule has 1 aromatic rings. The van der Waals surface area contributed by atoms with Crippen LogP contribution in [0.4, 0.5) is 5.69 Å². The van der Waals surface area contributed by atoms with Gasteiger partial charge in [0.05, 0.1) is 0 Å². The second kappa shape index (κ2) is 5.96. The van der Waals surface area contributed by atoms with E-state index in [4.69, 9.17) is 0 Å². The summed E-state index contributed by atoms with van der Waals surface area (Å²) in [6, 6.07) is 9.60. The van der Waals surface area contributed by atoms with Crippen molar-refractivity contribution in [3.05, 3.63) is 29.8 Å². The van der Waals surface area contributed by atoms with Crippen molar-refractivity contribution in [2.75, 3.05) is 25.5 Å². The van der Waals surface area contributed by atoms with Gasteiger partial charge < -0.3 is 10.2 Å². The van der Waals surface area contributed by atoms with E-state index in [2.05, 4.69) is 41.5 Å². The predicted molar refractivity (Wildman–Crippen MR) is 81.6 cm³/mol. The molecule has 1 aliphatic heterocycles. The van der Waals surface area contributed by atoms with Gasteiger partial charge in [-0.25, -0.2) is 0 Å². The zero-order valence-corrected chi connectivity index (χ0v) is 12.1. The van der Waals surface area contributed by atoms with Gasteiger partial charge in [0.1, 0.15) is 0 Å². The van der Waals surface area contributed by atoms with Gasteiger partial charge in [-0.1, -0.05) is 37.5 Å². The highest BCUT2D eigenvalue weighted by molar-refractivity contribution is 5.53. The first-order chi connectivity index (χ1) is 9.33. The molecule has 19 heavy (non-hydrogen) atoms. The lowest BCUT2D eigenvalue weighted by Gasteiger charge is -2.35. The molecule has 1 saturated carbocycles. The van der Waals surface area contributed by atoms with E-state index < -0.39 is 0 Å². The van der Waals surface area contributed by atoms with Crippen LogP contribution in [0.2, 0.25) is 0 Å². The third-order valence-electron chi connectivity index (χ3n) is 4.85. The van der Waals surface area contributed by atoms with Crippen LogP contribution in [0, 0.1) is 5.92 Å². The molecule has 1 fully saturated rings.